The zero-order valence-corrected chi connectivity index (χ0v) is 11.2. The van der Waals surface area contributed by atoms with E-state index in [0.717, 1.165) is 15.5 Å². The van der Waals surface area contributed by atoms with Crippen LogP contribution in [0.4, 0.5) is 0 Å². The van der Waals surface area contributed by atoms with Gasteiger partial charge in [0.15, 0.2) is 0 Å². The quantitative estimate of drug-likeness (QED) is 0.926. The van der Waals surface area contributed by atoms with E-state index in [9.17, 15) is 0 Å². The molecule has 17 heavy (non-hydrogen) atoms. The van der Waals surface area contributed by atoms with Gasteiger partial charge in [-0.15, -0.1) is 0 Å². The van der Waals surface area contributed by atoms with Gasteiger partial charge in [0.25, 0.3) is 0 Å². The monoisotopic (exact) mass is 284 g/mol. The Morgan fingerprint density at radius 1 is 1.06 bits per heavy atom. The number of hydrogen-bond donors (Lipinski definition) is 1. The molecular weight excluding hydrogens is 275 g/mol. The van der Waals surface area contributed by atoms with Gasteiger partial charge in [-0.05, 0) is 30.3 Å². The highest BCUT2D eigenvalue weighted by atomic mass is 35.5. The van der Waals surface area contributed by atoms with Crippen LogP contribution in [0.15, 0.2) is 46.3 Å². The van der Waals surface area contributed by atoms with Crippen molar-refractivity contribution in [3.63, 3.8) is 0 Å². The molecule has 0 bridgehead atoms. The van der Waals surface area contributed by atoms with Crippen molar-refractivity contribution in [1.82, 2.24) is 4.98 Å². The van der Waals surface area contributed by atoms with Crippen LogP contribution < -0.4 is 5.73 Å². The second-order valence-electron chi connectivity index (χ2n) is 3.40. The van der Waals surface area contributed by atoms with Crippen molar-refractivity contribution in [2.45, 2.75) is 16.3 Å². The van der Waals surface area contributed by atoms with Gasteiger partial charge in [0.2, 0.25) is 0 Å². The smallest absolute Gasteiger partial charge is 0.0540 e. The summed E-state index contributed by atoms with van der Waals surface area (Å²) in [5.41, 5.74) is 6.36. The van der Waals surface area contributed by atoms with Crippen LogP contribution in [0.5, 0.6) is 0 Å². The molecule has 0 aliphatic rings. The fraction of sp³-hybridized carbons (Fsp3) is 0.0833. The third kappa shape index (κ3) is 3.61. The lowest BCUT2D eigenvalue weighted by atomic mass is 10.3. The molecular formula is C12H10Cl2N2S. The summed E-state index contributed by atoms with van der Waals surface area (Å²) in [6, 6.07) is 9.34. The van der Waals surface area contributed by atoms with Gasteiger partial charge < -0.3 is 5.73 Å². The normalized spacial score (nSPS) is 10.5. The van der Waals surface area contributed by atoms with Crippen molar-refractivity contribution < 1.29 is 0 Å². The molecule has 2 N–H and O–H groups in total. The number of benzene rings is 1. The summed E-state index contributed by atoms with van der Waals surface area (Å²) in [6.45, 7) is 0.452. The highest BCUT2D eigenvalue weighted by Gasteiger charge is 2.01. The first-order valence-electron chi connectivity index (χ1n) is 4.96. The van der Waals surface area contributed by atoms with Crippen LogP contribution in [0.2, 0.25) is 10.0 Å². The van der Waals surface area contributed by atoms with Crippen molar-refractivity contribution in [2.75, 3.05) is 0 Å². The van der Waals surface area contributed by atoms with E-state index in [1.165, 1.54) is 0 Å². The van der Waals surface area contributed by atoms with Gasteiger partial charge in [-0.25, -0.2) is 0 Å². The van der Waals surface area contributed by atoms with Crippen LogP contribution in [0.1, 0.15) is 5.69 Å². The van der Waals surface area contributed by atoms with E-state index < -0.39 is 0 Å². The summed E-state index contributed by atoms with van der Waals surface area (Å²) in [6.07, 6.45) is 1.79. The summed E-state index contributed by atoms with van der Waals surface area (Å²) < 4.78 is 0. The van der Waals surface area contributed by atoms with Gasteiger partial charge >= 0.3 is 0 Å². The summed E-state index contributed by atoms with van der Waals surface area (Å²) >= 11 is 13.4. The Labute approximate surface area is 114 Å². The highest BCUT2D eigenvalue weighted by molar-refractivity contribution is 7.99. The summed E-state index contributed by atoms with van der Waals surface area (Å²) in [7, 11) is 0. The maximum atomic E-state index is 5.93. The van der Waals surface area contributed by atoms with E-state index in [1.807, 2.05) is 24.3 Å². The van der Waals surface area contributed by atoms with Gasteiger partial charge in [0, 0.05) is 32.6 Å². The zero-order valence-electron chi connectivity index (χ0n) is 8.86. The van der Waals surface area contributed by atoms with Crippen molar-refractivity contribution in [1.29, 1.82) is 0 Å². The lowest BCUT2D eigenvalue weighted by Gasteiger charge is -2.03. The van der Waals surface area contributed by atoms with Crippen LogP contribution in [0, 0.1) is 0 Å². The van der Waals surface area contributed by atoms with Crippen molar-refractivity contribution in [3.05, 3.63) is 52.3 Å². The lowest BCUT2D eigenvalue weighted by molar-refractivity contribution is 0.977. The minimum Gasteiger partial charge on any atom is -0.325 e. The van der Waals surface area contributed by atoms with E-state index in [-0.39, 0.29) is 0 Å². The fourth-order valence-electron chi connectivity index (χ4n) is 1.32. The number of hydrogen-bond acceptors (Lipinski definition) is 3. The molecule has 2 aromatic rings. The Balaban J connectivity index is 2.19. The van der Waals surface area contributed by atoms with E-state index >= 15 is 0 Å². The Morgan fingerprint density at radius 3 is 2.29 bits per heavy atom. The van der Waals surface area contributed by atoms with E-state index in [0.29, 0.717) is 16.6 Å². The molecule has 88 valence electrons. The molecule has 1 aromatic heterocycles. The predicted octanol–water partition coefficient (Wildman–Crippen LogP) is 4.00. The van der Waals surface area contributed by atoms with Crippen LogP contribution in [-0.4, -0.2) is 4.98 Å². The Bertz CT molecular complexity index is 494. The van der Waals surface area contributed by atoms with Gasteiger partial charge in [-0.2, -0.15) is 0 Å². The third-order valence-electron chi connectivity index (χ3n) is 2.08. The third-order valence-corrected chi connectivity index (χ3v) is 3.46. The van der Waals surface area contributed by atoms with Crippen LogP contribution in [0.3, 0.4) is 0 Å². The Hall–Kier alpha value is -0.740. The second-order valence-corrected chi connectivity index (χ2v) is 5.42. The molecule has 0 aliphatic heterocycles. The topological polar surface area (TPSA) is 38.9 Å². The predicted molar refractivity (Wildman–Crippen MR) is 72.7 cm³/mol. The number of rotatable bonds is 3. The molecule has 5 heteroatoms. The average molecular weight is 285 g/mol. The molecule has 2 rings (SSSR count). The second kappa shape index (κ2) is 5.74. The molecule has 2 nitrogen and oxygen atoms in total. The first-order valence-corrected chi connectivity index (χ1v) is 6.53. The largest absolute Gasteiger partial charge is 0.325 e. The highest BCUT2D eigenvalue weighted by Crippen LogP contribution is 2.31. The zero-order chi connectivity index (χ0) is 12.3. The van der Waals surface area contributed by atoms with Crippen LogP contribution >= 0.6 is 35.0 Å². The van der Waals surface area contributed by atoms with Gasteiger partial charge in [-0.1, -0.05) is 35.0 Å². The van der Waals surface area contributed by atoms with Crippen molar-refractivity contribution in [3.8, 4) is 0 Å². The molecule has 0 amide bonds. The summed E-state index contributed by atoms with van der Waals surface area (Å²) in [4.78, 5) is 6.25. The molecule has 0 saturated heterocycles. The number of pyridine rings is 1. The number of nitrogens with zero attached hydrogens (tertiary/aromatic N) is 1. The Kier molecular flexibility index (Phi) is 4.29. The average Bonchev–Trinajstić information content (AvgIpc) is 2.28. The lowest BCUT2D eigenvalue weighted by Crippen LogP contribution is -1.98. The number of halogens is 2. The fourth-order valence-corrected chi connectivity index (χ4v) is 2.86. The van der Waals surface area contributed by atoms with E-state index in [1.54, 1.807) is 24.0 Å². The number of aromatic nitrogens is 1. The van der Waals surface area contributed by atoms with Gasteiger partial charge in [-0.3, -0.25) is 4.98 Å². The van der Waals surface area contributed by atoms with Crippen molar-refractivity contribution in [2.24, 2.45) is 5.73 Å². The molecule has 0 fully saturated rings. The van der Waals surface area contributed by atoms with Crippen LogP contribution in [-0.2, 0) is 6.54 Å². The molecule has 0 radical (unpaired) electrons. The number of nitrogens with two attached hydrogens (primary N) is 1. The maximum absolute atomic E-state index is 5.93. The van der Waals surface area contributed by atoms with Gasteiger partial charge in [0.1, 0.15) is 0 Å². The SMILES string of the molecule is NCc1ccc(Sc2cc(Cl)cc(Cl)c2)cn1. The summed E-state index contributed by atoms with van der Waals surface area (Å²) in [5, 5.41) is 1.26. The Morgan fingerprint density at radius 2 is 1.76 bits per heavy atom. The first-order chi connectivity index (χ1) is 8.17. The molecule has 0 atom stereocenters. The van der Waals surface area contributed by atoms with Crippen molar-refractivity contribution >= 4 is 35.0 Å². The molecule has 0 aliphatic carbocycles. The maximum Gasteiger partial charge on any atom is 0.0540 e. The minimum absolute atomic E-state index is 0.452. The first kappa shape index (κ1) is 12.7. The molecule has 0 spiro atoms. The van der Waals surface area contributed by atoms with E-state index in [2.05, 4.69) is 4.98 Å². The summed E-state index contributed by atoms with van der Waals surface area (Å²) in [5.74, 6) is 0. The van der Waals surface area contributed by atoms with Gasteiger partial charge in [0.05, 0.1) is 5.69 Å². The molecule has 1 aromatic carbocycles. The van der Waals surface area contributed by atoms with Crippen LogP contribution in [0.25, 0.3) is 0 Å². The minimum atomic E-state index is 0.452. The van der Waals surface area contributed by atoms with E-state index in [4.69, 9.17) is 28.9 Å². The standard InChI is InChI=1S/C12H10Cl2N2S/c13-8-3-9(14)5-12(4-8)17-11-2-1-10(6-15)16-7-11/h1-5,7H,6,15H2. The molecule has 0 saturated carbocycles. The molecule has 1 heterocycles. The molecule has 0 unspecified atom stereocenters.